The normalized spacial score (nSPS) is 18.7. The Balaban J connectivity index is 1.99. The Morgan fingerprint density at radius 3 is 2.36 bits per heavy atom. The summed E-state index contributed by atoms with van der Waals surface area (Å²) >= 11 is 0. The zero-order valence-corrected chi connectivity index (χ0v) is 21.1. The predicted octanol–water partition coefficient (Wildman–Crippen LogP) is 3.51. The lowest BCUT2D eigenvalue weighted by atomic mass is 9.77. The Hall–Kier alpha value is -2.95. The molecule has 1 aliphatic carbocycles. The number of alkyl halides is 3. The topological polar surface area (TPSA) is 106 Å². The highest BCUT2D eigenvalue weighted by molar-refractivity contribution is 5.95. The Bertz CT molecular complexity index is 1060. The number of likely N-dealkylation sites (N-methyl/N-ethyl adjacent to an activating group) is 1. The third-order valence-corrected chi connectivity index (χ3v) is 6.68. The number of allylic oxidation sites excluding steroid dienone is 2. The van der Waals surface area contributed by atoms with Crippen molar-refractivity contribution < 1.29 is 32.3 Å². The molecule has 1 aromatic heterocycles. The number of halogens is 3. The van der Waals surface area contributed by atoms with Gasteiger partial charge in [-0.15, -0.1) is 0 Å². The van der Waals surface area contributed by atoms with Crippen LogP contribution in [0.3, 0.4) is 0 Å². The van der Waals surface area contributed by atoms with E-state index in [0.717, 1.165) is 12.5 Å². The van der Waals surface area contributed by atoms with Gasteiger partial charge in [0.25, 0.3) is 5.91 Å². The van der Waals surface area contributed by atoms with E-state index >= 15 is 0 Å². The lowest BCUT2D eigenvalue weighted by Crippen LogP contribution is -2.42. The highest BCUT2D eigenvalue weighted by atomic mass is 19.4. The van der Waals surface area contributed by atoms with Crippen LogP contribution in [0.2, 0.25) is 0 Å². The number of carbonyl (C=O) groups is 3. The van der Waals surface area contributed by atoms with Gasteiger partial charge in [-0.25, -0.2) is 9.78 Å². The first-order chi connectivity index (χ1) is 16.7. The third-order valence-electron chi connectivity index (χ3n) is 6.68. The van der Waals surface area contributed by atoms with Crippen LogP contribution in [0.15, 0.2) is 12.1 Å². The molecule has 0 bridgehead atoms. The van der Waals surface area contributed by atoms with Gasteiger partial charge >= 0.3 is 12.1 Å². The summed E-state index contributed by atoms with van der Waals surface area (Å²) in [5.74, 6) is -3.94. The molecule has 8 nitrogen and oxygen atoms in total. The molecule has 2 heterocycles. The number of hydrogen-bond acceptors (Lipinski definition) is 6. The molecule has 0 saturated carbocycles. The minimum Gasteiger partial charge on any atom is -0.418 e. The van der Waals surface area contributed by atoms with Crippen molar-refractivity contribution in [1.29, 1.82) is 0 Å². The fourth-order valence-corrected chi connectivity index (χ4v) is 4.55. The first-order valence-electron chi connectivity index (χ1n) is 11.9. The van der Waals surface area contributed by atoms with E-state index in [-0.39, 0.29) is 35.0 Å². The van der Waals surface area contributed by atoms with Gasteiger partial charge in [0.05, 0.1) is 17.8 Å². The Morgan fingerprint density at radius 1 is 1.22 bits per heavy atom. The highest BCUT2D eigenvalue weighted by Gasteiger charge is 2.42. The van der Waals surface area contributed by atoms with Crippen molar-refractivity contribution in [2.75, 3.05) is 33.7 Å². The molecule has 0 aromatic carbocycles. The van der Waals surface area contributed by atoms with Crippen LogP contribution in [-0.4, -0.2) is 72.5 Å². The molecule has 198 valence electrons. The van der Waals surface area contributed by atoms with E-state index in [0.29, 0.717) is 50.0 Å². The average Bonchev–Trinajstić information content (AvgIpc) is 2.78. The van der Waals surface area contributed by atoms with Crippen LogP contribution in [0.5, 0.6) is 5.75 Å². The highest BCUT2D eigenvalue weighted by Crippen LogP contribution is 2.42. The number of esters is 1. The van der Waals surface area contributed by atoms with Gasteiger partial charge in [0.1, 0.15) is 5.69 Å². The summed E-state index contributed by atoms with van der Waals surface area (Å²) in [5, 5.41) is 0. The monoisotopic (exact) mass is 510 g/mol. The molecule has 1 aliphatic heterocycles. The number of aromatic nitrogens is 1. The van der Waals surface area contributed by atoms with Crippen molar-refractivity contribution in [3.05, 3.63) is 29.1 Å². The summed E-state index contributed by atoms with van der Waals surface area (Å²) in [5.41, 5.74) is 6.65. The molecule has 0 atom stereocenters. The molecule has 0 unspecified atom stereocenters. The van der Waals surface area contributed by atoms with E-state index in [9.17, 15) is 27.6 Å². The molecule has 11 heteroatoms. The maximum atomic E-state index is 13.0. The maximum absolute atomic E-state index is 13.0. The number of hydrogen-bond donors (Lipinski definition) is 1. The molecular formula is C25H33F3N4O4. The van der Waals surface area contributed by atoms with Gasteiger partial charge in [-0.1, -0.05) is 19.9 Å². The van der Waals surface area contributed by atoms with Gasteiger partial charge in [-0.05, 0) is 63.3 Å². The van der Waals surface area contributed by atoms with E-state index in [1.165, 1.54) is 0 Å². The van der Waals surface area contributed by atoms with E-state index < -0.39 is 23.8 Å². The number of nitrogens with zero attached hydrogens (tertiary/aromatic N) is 3. The SMILES string of the molecule is CN(C)CC(=O)N1CCC(c2nc(C3=CCC(C)(C)CC3)c(OC(=O)C(F)(F)F)cc2C(N)=O)CC1. The number of nitrogens with two attached hydrogens (primary N) is 1. The standard InChI is InChI=1S/C25H33F3N4O4/c1-24(2)9-5-15(6-10-24)21-18(36-23(35)25(26,27)28)13-17(22(29)34)20(30-21)16-7-11-32(12-8-16)19(33)14-31(3)4/h5,13,16H,6-12,14H2,1-4H3,(H2,29,34). The van der Waals surface area contributed by atoms with Crippen molar-refractivity contribution in [2.24, 2.45) is 11.1 Å². The lowest BCUT2D eigenvalue weighted by Gasteiger charge is -2.33. The molecular weight excluding hydrogens is 477 g/mol. The molecule has 36 heavy (non-hydrogen) atoms. The van der Waals surface area contributed by atoms with Gasteiger partial charge in [0.2, 0.25) is 5.91 Å². The first-order valence-corrected chi connectivity index (χ1v) is 11.9. The number of carbonyl (C=O) groups excluding carboxylic acids is 3. The summed E-state index contributed by atoms with van der Waals surface area (Å²) in [4.78, 5) is 44.5. The number of likely N-dealkylation sites (tertiary alicyclic amines) is 1. The number of rotatable bonds is 6. The van der Waals surface area contributed by atoms with Gasteiger partial charge < -0.3 is 20.3 Å². The van der Waals surface area contributed by atoms with Crippen molar-refractivity contribution >= 4 is 23.4 Å². The molecule has 1 aromatic rings. The van der Waals surface area contributed by atoms with Gasteiger partial charge in [0.15, 0.2) is 5.75 Å². The molecule has 2 N–H and O–H groups in total. The number of primary amides is 1. The van der Waals surface area contributed by atoms with E-state index in [1.807, 2.05) is 20.2 Å². The van der Waals surface area contributed by atoms with Gasteiger partial charge in [0, 0.05) is 19.0 Å². The van der Waals surface area contributed by atoms with Crippen LogP contribution in [-0.2, 0) is 9.59 Å². The summed E-state index contributed by atoms with van der Waals surface area (Å²) in [6, 6.07) is 1.10. The Morgan fingerprint density at radius 2 is 1.86 bits per heavy atom. The van der Waals surface area contributed by atoms with Crippen LogP contribution in [0.1, 0.15) is 73.6 Å². The van der Waals surface area contributed by atoms with Crippen molar-refractivity contribution in [1.82, 2.24) is 14.8 Å². The van der Waals surface area contributed by atoms with Crippen molar-refractivity contribution in [3.8, 4) is 5.75 Å². The van der Waals surface area contributed by atoms with E-state index in [1.54, 1.807) is 9.80 Å². The van der Waals surface area contributed by atoms with Crippen LogP contribution in [0, 0.1) is 5.41 Å². The minimum absolute atomic E-state index is 0.00777. The quantitative estimate of drug-likeness (QED) is 0.587. The summed E-state index contributed by atoms with van der Waals surface area (Å²) < 4.78 is 43.7. The van der Waals surface area contributed by atoms with Gasteiger partial charge in [-0.3, -0.25) is 9.59 Å². The van der Waals surface area contributed by atoms with Crippen LogP contribution in [0.4, 0.5) is 13.2 Å². The molecule has 2 aliphatic rings. The van der Waals surface area contributed by atoms with Crippen molar-refractivity contribution in [2.45, 2.75) is 58.0 Å². The Kier molecular flexibility index (Phi) is 8.12. The number of piperidine rings is 1. The first kappa shape index (κ1) is 27.6. The molecule has 0 spiro atoms. The summed E-state index contributed by atoms with van der Waals surface area (Å²) in [6.07, 6.45) is -0.310. The second kappa shape index (κ2) is 10.6. The molecule has 1 fully saturated rings. The number of pyridine rings is 1. The third kappa shape index (κ3) is 6.63. The predicted molar refractivity (Wildman–Crippen MR) is 127 cm³/mol. The maximum Gasteiger partial charge on any atom is 0.491 e. The van der Waals surface area contributed by atoms with Crippen molar-refractivity contribution in [3.63, 3.8) is 0 Å². The van der Waals surface area contributed by atoms with Crippen LogP contribution in [0.25, 0.3) is 5.57 Å². The van der Waals surface area contributed by atoms with Gasteiger partial charge in [-0.2, -0.15) is 13.2 Å². The zero-order chi connectivity index (χ0) is 26.8. The minimum atomic E-state index is -5.21. The fraction of sp³-hybridized carbons (Fsp3) is 0.600. The molecule has 2 amide bonds. The molecule has 1 saturated heterocycles. The summed E-state index contributed by atoms with van der Waals surface area (Å²) in [6.45, 7) is 5.36. The molecule has 0 radical (unpaired) electrons. The Labute approximate surface area is 208 Å². The van der Waals surface area contributed by atoms with Crippen LogP contribution >= 0.6 is 0 Å². The second-order valence-corrected chi connectivity index (χ2v) is 10.5. The smallest absolute Gasteiger partial charge is 0.418 e. The second-order valence-electron chi connectivity index (χ2n) is 10.5. The summed E-state index contributed by atoms with van der Waals surface area (Å²) in [7, 11) is 3.62. The fourth-order valence-electron chi connectivity index (χ4n) is 4.55. The zero-order valence-electron chi connectivity index (χ0n) is 21.1. The number of ether oxygens (including phenoxy) is 1. The number of amides is 2. The van der Waals surface area contributed by atoms with E-state index in [4.69, 9.17) is 10.5 Å². The largest absolute Gasteiger partial charge is 0.491 e. The average molecular weight is 511 g/mol. The van der Waals surface area contributed by atoms with E-state index in [2.05, 4.69) is 18.8 Å². The van der Waals surface area contributed by atoms with Crippen LogP contribution < -0.4 is 10.5 Å². The lowest BCUT2D eigenvalue weighted by molar-refractivity contribution is -0.189. The molecule has 3 rings (SSSR count).